The summed E-state index contributed by atoms with van der Waals surface area (Å²) >= 11 is 0. The van der Waals surface area contributed by atoms with Gasteiger partial charge in [-0.2, -0.15) is 0 Å². The molecule has 0 spiro atoms. The quantitative estimate of drug-likeness (QED) is 0.739. The van der Waals surface area contributed by atoms with E-state index in [2.05, 4.69) is 5.32 Å². The fourth-order valence-corrected chi connectivity index (χ4v) is 1.92. The molecule has 19 heavy (non-hydrogen) atoms. The van der Waals surface area contributed by atoms with Crippen LogP contribution in [-0.4, -0.2) is 65.7 Å². The average Bonchev–Trinajstić information content (AvgIpc) is 2.37. The fourth-order valence-electron chi connectivity index (χ4n) is 1.92. The summed E-state index contributed by atoms with van der Waals surface area (Å²) in [5.74, 6) is -0.818. The Balaban J connectivity index is 2.35. The van der Waals surface area contributed by atoms with E-state index in [4.69, 9.17) is 5.11 Å². The lowest BCUT2D eigenvalue weighted by atomic mass is 10.2. The van der Waals surface area contributed by atoms with Crippen molar-refractivity contribution in [1.82, 2.24) is 15.1 Å². The molecule has 0 aromatic heterocycles. The SMILES string of the molecule is CC(C)=CCNC(=O)N1CCN(C(C)C(=O)O)CC1. The molecule has 1 atom stereocenters. The molecule has 0 aromatic rings. The van der Waals surface area contributed by atoms with Gasteiger partial charge in [0.15, 0.2) is 0 Å². The number of urea groups is 1. The van der Waals surface area contributed by atoms with Crippen molar-refractivity contribution in [2.45, 2.75) is 26.8 Å². The minimum atomic E-state index is -0.818. The van der Waals surface area contributed by atoms with Gasteiger partial charge in [-0.3, -0.25) is 9.69 Å². The predicted octanol–water partition coefficient (Wildman–Crippen LogP) is 0.753. The number of carbonyl (C=O) groups excluding carboxylic acids is 1. The molecule has 1 fully saturated rings. The number of carbonyl (C=O) groups is 2. The van der Waals surface area contributed by atoms with E-state index in [0.717, 1.165) is 0 Å². The van der Waals surface area contributed by atoms with Gasteiger partial charge in [0.05, 0.1) is 0 Å². The maximum absolute atomic E-state index is 11.8. The van der Waals surface area contributed by atoms with Gasteiger partial charge in [0.1, 0.15) is 6.04 Å². The summed E-state index contributed by atoms with van der Waals surface area (Å²) in [6, 6.07) is -0.573. The Labute approximate surface area is 114 Å². The standard InChI is InChI=1S/C13H23N3O3/c1-10(2)4-5-14-13(19)16-8-6-15(7-9-16)11(3)12(17)18/h4,11H,5-9H2,1-3H3,(H,14,19)(H,17,18). The van der Waals surface area contributed by atoms with E-state index in [1.54, 1.807) is 11.8 Å². The van der Waals surface area contributed by atoms with E-state index in [9.17, 15) is 9.59 Å². The molecule has 1 saturated heterocycles. The molecule has 1 aliphatic rings. The van der Waals surface area contributed by atoms with Crippen molar-refractivity contribution >= 4 is 12.0 Å². The predicted molar refractivity (Wildman–Crippen MR) is 73.1 cm³/mol. The van der Waals surface area contributed by atoms with Crippen LogP contribution in [0.1, 0.15) is 20.8 Å². The Hall–Kier alpha value is -1.56. The first kappa shape index (κ1) is 15.5. The van der Waals surface area contributed by atoms with Crippen LogP contribution in [0.25, 0.3) is 0 Å². The second-order valence-corrected chi connectivity index (χ2v) is 5.00. The van der Waals surface area contributed by atoms with Gasteiger partial charge in [-0.25, -0.2) is 4.79 Å². The summed E-state index contributed by atoms with van der Waals surface area (Å²) in [7, 11) is 0. The third kappa shape index (κ3) is 4.90. The number of carboxylic acids is 1. The van der Waals surface area contributed by atoms with Crippen LogP contribution in [0.4, 0.5) is 4.79 Å². The maximum atomic E-state index is 11.8. The largest absolute Gasteiger partial charge is 0.480 e. The highest BCUT2D eigenvalue weighted by Gasteiger charge is 2.26. The first-order valence-corrected chi connectivity index (χ1v) is 6.55. The number of allylic oxidation sites excluding steroid dienone is 1. The molecule has 6 nitrogen and oxygen atoms in total. The third-order valence-electron chi connectivity index (χ3n) is 3.27. The number of nitrogens with zero attached hydrogens (tertiary/aromatic N) is 2. The van der Waals surface area contributed by atoms with Crippen molar-refractivity contribution in [3.63, 3.8) is 0 Å². The van der Waals surface area contributed by atoms with Crippen LogP contribution in [0, 0.1) is 0 Å². The fraction of sp³-hybridized carbons (Fsp3) is 0.692. The molecule has 2 N–H and O–H groups in total. The smallest absolute Gasteiger partial charge is 0.320 e. The maximum Gasteiger partial charge on any atom is 0.320 e. The second-order valence-electron chi connectivity index (χ2n) is 5.00. The number of piperazine rings is 1. The van der Waals surface area contributed by atoms with E-state index in [1.807, 2.05) is 24.8 Å². The lowest BCUT2D eigenvalue weighted by Crippen LogP contribution is -2.55. The van der Waals surface area contributed by atoms with Gasteiger partial charge in [0.25, 0.3) is 0 Å². The topological polar surface area (TPSA) is 72.9 Å². The average molecular weight is 269 g/mol. The summed E-state index contributed by atoms with van der Waals surface area (Å²) in [6.07, 6.45) is 1.96. The van der Waals surface area contributed by atoms with Gasteiger partial charge in [-0.15, -0.1) is 0 Å². The molecule has 0 saturated carbocycles. The molecular formula is C13H23N3O3. The molecule has 1 rings (SSSR count). The molecule has 0 bridgehead atoms. The monoisotopic (exact) mass is 269 g/mol. The Morgan fingerprint density at radius 1 is 1.26 bits per heavy atom. The molecule has 1 unspecified atom stereocenters. The summed E-state index contributed by atoms with van der Waals surface area (Å²) in [4.78, 5) is 26.3. The van der Waals surface area contributed by atoms with Crippen molar-refractivity contribution in [1.29, 1.82) is 0 Å². The Bertz CT molecular complexity index is 356. The molecular weight excluding hydrogens is 246 g/mol. The second kappa shape index (κ2) is 7.13. The van der Waals surface area contributed by atoms with Gasteiger partial charge in [0.2, 0.25) is 0 Å². The zero-order chi connectivity index (χ0) is 14.4. The number of nitrogens with one attached hydrogen (secondary N) is 1. The number of carboxylic acid groups (broad SMARTS) is 1. The van der Waals surface area contributed by atoms with Crippen molar-refractivity contribution in [2.75, 3.05) is 32.7 Å². The van der Waals surface area contributed by atoms with Crippen LogP contribution >= 0.6 is 0 Å². The molecule has 1 heterocycles. The molecule has 2 amide bonds. The van der Waals surface area contributed by atoms with E-state index < -0.39 is 12.0 Å². The zero-order valence-corrected chi connectivity index (χ0v) is 11.8. The number of aliphatic carboxylic acids is 1. The summed E-state index contributed by atoms with van der Waals surface area (Å²) in [6.45, 7) is 8.51. The van der Waals surface area contributed by atoms with E-state index >= 15 is 0 Å². The molecule has 108 valence electrons. The van der Waals surface area contributed by atoms with E-state index in [-0.39, 0.29) is 6.03 Å². The summed E-state index contributed by atoms with van der Waals surface area (Å²) in [5, 5.41) is 11.8. The first-order chi connectivity index (χ1) is 8.91. The Morgan fingerprint density at radius 2 is 1.84 bits per heavy atom. The highest BCUT2D eigenvalue weighted by Crippen LogP contribution is 2.06. The van der Waals surface area contributed by atoms with Crippen LogP contribution in [0.15, 0.2) is 11.6 Å². The summed E-state index contributed by atoms with van der Waals surface area (Å²) in [5.41, 5.74) is 1.17. The van der Waals surface area contributed by atoms with Crippen LogP contribution in [-0.2, 0) is 4.79 Å². The third-order valence-corrected chi connectivity index (χ3v) is 3.27. The zero-order valence-electron chi connectivity index (χ0n) is 11.8. The van der Waals surface area contributed by atoms with Gasteiger partial charge in [-0.05, 0) is 20.8 Å². The van der Waals surface area contributed by atoms with Crippen molar-refractivity contribution in [3.05, 3.63) is 11.6 Å². The Kier molecular flexibility index (Phi) is 5.82. The Morgan fingerprint density at radius 3 is 2.32 bits per heavy atom. The number of hydrogen-bond acceptors (Lipinski definition) is 3. The minimum Gasteiger partial charge on any atom is -0.480 e. The number of rotatable bonds is 4. The van der Waals surface area contributed by atoms with Gasteiger partial charge >= 0.3 is 12.0 Å². The number of hydrogen-bond donors (Lipinski definition) is 2. The lowest BCUT2D eigenvalue weighted by molar-refractivity contribution is -0.143. The molecule has 1 aliphatic heterocycles. The summed E-state index contributed by atoms with van der Waals surface area (Å²) < 4.78 is 0. The normalized spacial score (nSPS) is 17.7. The highest BCUT2D eigenvalue weighted by molar-refractivity contribution is 5.75. The van der Waals surface area contributed by atoms with Crippen LogP contribution in [0.5, 0.6) is 0 Å². The van der Waals surface area contributed by atoms with Crippen LogP contribution < -0.4 is 5.32 Å². The van der Waals surface area contributed by atoms with Gasteiger partial charge in [-0.1, -0.05) is 11.6 Å². The van der Waals surface area contributed by atoms with E-state index in [0.29, 0.717) is 32.7 Å². The lowest BCUT2D eigenvalue weighted by Gasteiger charge is -2.36. The van der Waals surface area contributed by atoms with E-state index in [1.165, 1.54) is 5.57 Å². The van der Waals surface area contributed by atoms with Gasteiger partial charge in [0, 0.05) is 32.7 Å². The number of amides is 2. The molecule has 0 aromatic carbocycles. The molecule has 6 heteroatoms. The first-order valence-electron chi connectivity index (χ1n) is 6.55. The van der Waals surface area contributed by atoms with Crippen LogP contribution in [0.2, 0.25) is 0 Å². The molecule has 0 aliphatic carbocycles. The van der Waals surface area contributed by atoms with Crippen molar-refractivity contribution in [3.8, 4) is 0 Å². The van der Waals surface area contributed by atoms with Crippen LogP contribution in [0.3, 0.4) is 0 Å². The van der Waals surface area contributed by atoms with Crippen molar-refractivity contribution < 1.29 is 14.7 Å². The van der Waals surface area contributed by atoms with Gasteiger partial charge < -0.3 is 15.3 Å². The molecule has 0 radical (unpaired) electrons. The minimum absolute atomic E-state index is 0.0832. The van der Waals surface area contributed by atoms with Crippen molar-refractivity contribution in [2.24, 2.45) is 0 Å². The highest BCUT2D eigenvalue weighted by atomic mass is 16.4.